The Labute approximate surface area is 108 Å². The Bertz CT molecular complexity index is 309. The summed E-state index contributed by atoms with van der Waals surface area (Å²) in [4.78, 5) is 1.36. The van der Waals surface area contributed by atoms with Crippen molar-refractivity contribution in [2.75, 3.05) is 6.54 Å². The predicted octanol–water partition coefficient (Wildman–Crippen LogP) is 4.28. The summed E-state index contributed by atoms with van der Waals surface area (Å²) in [6.45, 7) is 7.02. The van der Waals surface area contributed by atoms with E-state index in [1.165, 1.54) is 17.7 Å². The Morgan fingerprint density at radius 1 is 1.56 bits per heavy atom. The molecule has 1 heterocycles. The molecule has 1 nitrogen and oxygen atoms in total. The van der Waals surface area contributed by atoms with E-state index >= 15 is 0 Å². The molecule has 0 aliphatic carbocycles. The van der Waals surface area contributed by atoms with Crippen LogP contribution in [0.2, 0.25) is 4.34 Å². The maximum absolute atomic E-state index is 5.88. The quantitative estimate of drug-likeness (QED) is 0.686. The van der Waals surface area contributed by atoms with Crippen molar-refractivity contribution in [3.05, 3.63) is 34.0 Å². The summed E-state index contributed by atoms with van der Waals surface area (Å²) in [5, 5.41) is 3.58. The lowest BCUT2D eigenvalue weighted by molar-refractivity contribution is 0.475. The van der Waals surface area contributed by atoms with Crippen LogP contribution in [0.4, 0.5) is 0 Å². The number of hydrogen-bond acceptors (Lipinski definition) is 2. The normalized spacial score (nSPS) is 12.6. The van der Waals surface area contributed by atoms with Gasteiger partial charge in [0.25, 0.3) is 0 Å². The smallest absolute Gasteiger partial charge is 0.0931 e. The Morgan fingerprint density at radius 3 is 2.94 bits per heavy atom. The lowest BCUT2D eigenvalue weighted by Crippen LogP contribution is -2.29. The van der Waals surface area contributed by atoms with Gasteiger partial charge in [0.1, 0.15) is 0 Å². The average molecular weight is 258 g/mol. The second-order valence-corrected chi connectivity index (χ2v) is 5.68. The molecule has 1 atom stereocenters. The highest BCUT2D eigenvalue weighted by Gasteiger charge is 2.04. The van der Waals surface area contributed by atoms with E-state index in [0.717, 1.165) is 23.7 Å². The van der Waals surface area contributed by atoms with E-state index < -0.39 is 0 Å². The third kappa shape index (κ3) is 5.15. The maximum Gasteiger partial charge on any atom is 0.0931 e. The molecule has 0 fully saturated rings. The molecule has 0 aromatic carbocycles. The van der Waals surface area contributed by atoms with Crippen molar-refractivity contribution in [2.24, 2.45) is 0 Å². The van der Waals surface area contributed by atoms with E-state index in [2.05, 4.69) is 24.9 Å². The first-order chi connectivity index (χ1) is 7.76. The number of rotatable bonds is 8. The van der Waals surface area contributed by atoms with Crippen molar-refractivity contribution in [3.63, 3.8) is 0 Å². The Balaban J connectivity index is 2.20. The Kier molecular flexibility index (Phi) is 6.78. The first-order valence-corrected chi connectivity index (χ1v) is 7.04. The molecule has 0 aliphatic rings. The van der Waals surface area contributed by atoms with Crippen molar-refractivity contribution in [2.45, 2.75) is 38.6 Å². The fourth-order valence-corrected chi connectivity index (χ4v) is 2.74. The van der Waals surface area contributed by atoms with Gasteiger partial charge in [0.2, 0.25) is 0 Å². The van der Waals surface area contributed by atoms with Crippen LogP contribution in [0, 0.1) is 0 Å². The minimum Gasteiger partial charge on any atom is -0.314 e. The van der Waals surface area contributed by atoms with Crippen LogP contribution in [0.15, 0.2) is 24.8 Å². The van der Waals surface area contributed by atoms with Crippen LogP contribution in [0.3, 0.4) is 0 Å². The van der Waals surface area contributed by atoms with Gasteiger partial charge in [-0.3, -0.25) is 0 Å². The fraction of sp³-hybridized carbons (Fsp3) is 0.538. The first-order valence-electron chi connectivity index (χ1n) is 5.84. The van der Waals surface area contributed by atoms with Crippen LogP contribution in [0.5, 0.6) is 0 Å². The van der Waals surface area contributed by atoms with Gasteiger partial charge in [-0.2, -0.15) is 0 Å². The zero-order chi connectivity index (χ0) is 11.8. The van der Waals surface area contributed by atoms with Gasteiger partial charge >= 0.3 is 0 Å². The molecule has 0 bridgehead atoms. The minimum absolute atomic E-state index is 0.619. The number of halogens is 1. The third-order valence-electron chi connectivity index (χ3n) is 2.65. The summed E-state index contributed by atoms with van der Waals surface area (Å²) >= 11 is 7.56. The third-order valence-corrected chi connectivity index (χ3v) is 3.94. The zero-order valence-electron chi connectivity index (χ0n) is 9.84. The molecule has 1 unspecified atom stereocenters. The summed E-state index contributed by atoms with van der Waals surface area (Å²) in [5.74, 6) is 0. The molecule has 90 valence electrons. The van der Waals surface area contributed by atoms with E-state index in [1.54, 1.807) is 11.3 Å². The highest BCUT2D eigenvalue weighted by atomic mass is 35.5. The largest absolute Gasteiger partial charge is 0.314 e. The second kappa shape index (κ2) is 7.88. The van der Waals surface area contributed by atoms with Crippen LogP contribution in [-0.2, 0) is 6.42 Å². The number of hydrogen-bond donors (Lipinski definition) is 1. The molecular formula is C13H20ClNS. The summed E-state index contributed by atoms with van der Waals surface area (Å²) in [6, 6.07) is 4.70. The molecule has 0 saturated heterocycles. The zero-order valence-corrected chi connectivity index (χ0v) is 11.4. The summed E-state index contributed by atoms with van der Waals surface area (Å²) in [6.07, 6.45) is 6.52. The topological polar surface area (TPSA) is 12.0 Å². The van der Waals surface area contributed by atoms with Gasteiger partial charge in [0.05, 0.1) is 4.34 Å². The van der Waals surface area contributed by atoms with E-state index in [4.69, 9.17) is 11.6 Å². The van der Waals surface area contributed by atoms with Gasteiger partial charge < -0.3 is 5.32 Å². The number of nitrogens with one attached hydrogen (secondary N) is 1. The van der Waals surface area contributed by atoms with Crippen LogP contribution in [-0.4, -0.2) is 12.6 Å². The van der Waals surface area contributed by atoms with Gasteiger partial charge in [-0.1, -0.05) is 24.6 Å². The molecule has 0 saturated carbocycles. The van der Waals surface area contributed by atoms with E-state index in [1.807, 2.05) is 12.1 Å². The predicted molar refractivity (Wildman–Crippen MR) is 74.5 cm³/mol. The van der Waals surface area contributed by atoms with Gasteiger partial charge in [-0.15, -0.1) is 17.9 Å². The van der Waals surface area contributed by atoms with Gasteiger partial charge in [0.15, 0.2) is 0 Å². The number of allylic oxidation sites excluding steroid dienone is 1. The molecular weight excluding hydrogens is 238 g/mol. The molecule has 0 spiro atoms. The van der Waals surface area contributed by atoms with Crippen molar-refractivity contribution < 1.29 is 0 Å². The highest BCUT2D eigenvalue weighted by molar-refractivity contribution is 7.16. The standard InChI is InChI=1S/C13H20ClNS/c1-3-5-6-11(4-2)15-10-9-12-7-8-13(14)16-12/h3,7-8,11,15H,1,4-6,9-10H2,2H3. The van der Waals surface area contributed by atoms with E-state index in [9.17, 15) is 0 Å². The molecule has 3 heteroatoms. The molecule has 1 rings (SSSR count). The Hall–Kier alpha value is -0.310. The molecule has 1 aromatic rings. The van der Waals surface area contributed by atoms with E-state index in [-0.39, 0.29) is 0 Å². The average Bonchev–Trinajstić information content (AvgIpc) is 2.69. The number of thiophene rings is 1. The molecule has 1 aromatic heterocycles. The van der Waals surface area contributed by atoms with Crippen LogP contribution in [0.25, 0.3) is 0 Å². The van der Waals surface area contributed by atoms with E-state index in [0.29, 0.717) is 6.04 Å². The van der Waals surface area contributed by atoms with Crippen LogP contribution >= 0.6 is 22.9 Å². The SMILES string of the molecule is C=CCCC(CC)NCCc1ccc(Cl)s1. The van der Waals surface area contributed by atoms with Crippen molar-refractivity contribution in [1.82, 2.24) is 5.32 Å². The van der Waals surface area contributed by atoms with Crippen LogP contribution < -0.4 is 5.32 Å². The summed E-state index contributed by atoms with van der Waals surface area (Å²) in [5.41, 5.74) is 0. The lowest BCUT2D eigenvalue weighted by Gasteiger charge is -2.15. The van der Waals surface area contributed by atoms with Gasteiger partial charge in [-0.25, -0.2) is 0 Å². The van der Waals surface area contributed by atoms with Crippen molar-refractivity contribution in [1.29, 1.82) is 0 Å². The first kappa shape index (κ1) is 13.8. The van der Waals surface area contributed by atoms with Gasteiger partial charge in [-0.05, 0) is 37.8 Å². The molecule has 0 amide bonds. The van der Waals surface area contributed by atoms with Crippen molar-refractivity contribution >= 4 is 22.9 Å². The second-order valence-electron chi connectivity index (χ2n) is 3.88. The van der Waals surface area contributed by atoms with Gasteiger partial charge in [0, 0.05) is 17.5 Å². The fourth-order valence-electron chi connectivity index (χ4n) is 1.66. The summed E-state index contributed by atoms with van der Waals surface area (Å²) < 4.78 is 0.883. The summed E-state index contributed by atoms with van der Waals surface area (Å²) in [7, 11) is 0. The monoisotopic (exact) mass is 257 g/mol. The molecule has 0 aliphatic heterocycles. The molecule has 0 radical (unpaired) electrons. The molecule has 1 N–H and O–H groups in total. The highest BCUT2D eigenvalue weighted by Crippen LogP contribution is 2.21. The Morgan fingerprint density at radius 2 is 2.38 bits per heavy atom. The van der Waals surface area contributed by atoms with Crippen LogP contribution in [0.1, 0.15) is 31.1 Å². The lowest BCUT2D eigenvalue weighted by atomic mass is 10.1. The molecule has 16 heavy (non-hydrogen) atoms. The minimum atomic E-state index is 0.619. The van der Waals surface area contributed by atoms with Crippen molar-refractivity contribution in [3.8, 4) is 0 Å². The maximum atomic E-state index is 5.88.